The minimum absolute atomic E-state index is 0.252. The Balaban J connectivity index is 1.81. The first-order valence-electron chi connectivity index (χ1n) is 7.30. The number of Topliss-reactive ketones (excluding diaryl/α,β-unsaturated/α-hetero) is 1. The van der Waals surface area contributed by atoms with Crippen LogP contribution >= 0.6 is 0 Å². The lowest BCUT2D eigenvalue weighted by molar-refractivity contribution is -0.118. The van der Waals surface area contributed by atoms with E-state index in [9.17, 15) is 4.79 Å². The Morgan fingerprint density at radius 3 is 3.05 bits per heavy atom. The van der Waals surface area contributed by atoms with Crippen LogP contribution in [0.15, 0.2) is 29.6 Å². The molecule has 0 saturated heterocycles. The number of hydrogen-bond donors (Lipinski definition) is 0. The second-order valence-electron chi connectivity index (χ2n) is 5.76. The Morgan fingerprint density at radius 2 is 2.11 bits per heavy atom. The number of nitrogens with zero attached hydrogens (tertiary/aromatic N) is 2. The molecular formula is C16H18N2O. The molecule has 2 aliphatic heterocycles. The minimum Gasteiger partial charge on any atom is -0.367 e. The third-order valence-electron chi connectivity index (χ3n) is 4.75. The van der Waals surface area contributed by atoms with Gasteiger partial charge in [0.25, 0.3) is 0 Å². The van der Waals surface area contributed by atoms with Crippen molar-refractivity contribution in [3.8, 4) is 0 Å². The molecule has 0 amide bonds. The van der Waals surface area contributed by atoms with Gasteiger partial charge in [0.1, 0.15) is 0 Å². The van der Waals surface area contributed by atoms with Crippen LogP contribution in [-0.4, -0.2) is 22.2 Å². The lowest BCUT2D eigenvalue weighted by atomic mass is 9.81. The van der Waals surface area contributed by atoms with Crippen LogP contribution < -0.4 is 0 Å². The summed E-state index contributed by atoms with van der Waals surface area (Å²) in [5.41, 5.74) is 4.95. The molecule has 0 spiro atoms. The number of rotatable bonds is 0. The van der Waals surface area contributed by atoms with Gasteiger partial charge in [0, 0.05) is 42.5 Å². The van der Waals surface area contributed by atoms with E-state index >= 15 is 0 Å². The van der Waals surface area contributed by atoms with Crippen molar-refractivity contribution in [1.29, 1.82) is 0 Å². The zero-order chi connectivity index (χ0) is 12.8. The van der Waals surface area contributed by atoms with Crippen molar-refractivity contribution in [2.75, 3.05) is 6.54 Å². The Morgan fingerprint density at radius 1 is 1.21 bits per heavy atom. The maximum atomic E-state index is 12.4. The summed E-state index contributed by atoms with van der Waals surface area (Å²) in [6, 6.07) is 4.40. The van der Waals surface area contributed by atoms with Gasteiger partial charge in [0.15, 0.2) is 5.78 Å². The van der Waals surface area contributed by atoms with Gasteiger partial charge in [0.2, 0.25) is 0 Å². The quantitative estimate of drug-likeness (QED) is 0.713. The highest BCUT2D eigenvalue weighted by Gasteiger charge is 2.38. The standard InChI is InChI=1S/C16H18N2O/c19-16-10-15-11-5-3-8-17-13(11)7-9-18(15)14-6-2-1-4-12(14)16/h3,5,8,15H,1-2,4,6-7,9-10H2. The van der Waals surface area contributed by atoms with Crippen LogP contribution in [-0.2, 0) is 11.2 Å². The van der Waals surface area contributed by atoms with Gasteiger partial charge in [0.05, 0.1) is 6.04 Å². The van der Waals surface area contributed by atoms with E-state index in [0.29, 0.717) is 12.2 Å². The van der Waals surface area contributed by atoms with Crippen molar-refractivity contribution in [3.63, 3.8) is 0 Å². The summed E-state index contributed by atoms with van der Waals surface area (Å²) >= 11 is 0. The van der Waals surface area contributed by atoms with Crippen LogP contribution in [0.25, 0.3) is 0 Å². The lowest BCUT2D eigenvalue weighted by Crippen LogP contribution is -2.41. The predicted octanol–water partition coefficient (Wildman–Crippen LogP) is 2.78. The Bertz CT molecular complexity index is 576. The number of carbonyl (C=O) groups is 1. The molecule has 1 atom stereocenters. The van der Waals surface area contributed by atoms with E-state index in [4.69, 9.17) is 0 Å². The molecule has 4 rings (SSSR count). The second kappa shape index (κ2) is 4.19. The molecule has 0 aromatic carbocycles. The van der Waals surface area contributed by atoms with Crippen molar-refractivity contribution in [2.24, 2.45) is 0 Å². The van der Waals surface area contributed by atoms with Crippen molar-refractivity contribution >= 4 is 5.78 Å². The first kappa shape index (κ1) is 11.2. The Kier molecular flexibility index (Phi) is 2.47. The third-order valence-corrected chi connectivity index (χ3v) is 4.75. The fourth-order valence-electron chi connectivity index (χ4n) is 3.86. The number of ketones is 1. The van der Waals surface area contributed by atoms with Crippen LogP contribution in [0.4, 0.5) is 0 Å². The van der Waals surface area contributed by atoms with Crippen LogP contribution in [0.5, 0.6) is 0 Å². The number of fused-ring (bicyclic) bond motifs is 4. The van der Waals surface area contributed by atoms with Gasteiger partial charge in [-0.3, -0.25) is 9.78 Å². The highest BCUT2D eigenvalue weighted by Crippen LogP contribution is 2.43. The normalized spacial score (nSPS) is 25.8. The zero-order valence-electron chi connectivity index (χ0n) is 11.1. The number of allylic oxidation sites excluding steroid dienone is 2. The van der Waals surface area contributed by atoms with Gasteiger partial charge in [-0.25, -0.2) is 0 Å². The molecule has 0 bridgehead atoms. The predicted molar refractivity (Wildman–Crippen MR) is 72.5 cm³/mol. The van der Waals surface area contributed by atoms with E-state index in [1.165, 1.54) is 29.8 Å². The number of hydrogen-bond acceptors (Lipinski definition) is 3. The van der Waals surface area contributed by atoms with Gasteiger partial charge in [-0.15, -0.1) is 0 Å². The van der Waals surface area contributed by atoms with Gasteiger partial charge >= 0.3 is 0 Å². The van der Waals surface area contributed by atoms with Crippen molar-refractivity contribution in [2.45, 2.75) is 44.6 Å². The van der Waals surface area contributed by atoms with E-state index in [2.05, 4.69) is 16.0 Å². The van der Waals surface area contributed by atoms with E-state index in [1.807, 2.05) is 12.3 Å². The number of aromatic nitrogens is 1. The molecule has 3 aliphatic rings. The molecule has 19 heavy (non-hydrogen) atoms. The average Bonchev–Trinajstić information content (AvgIpc) is 2.47. The van der Waals surface area contributed by atoms with Gasteiger partial charge < -0.3 is 4.90 Å². The first-order chi connectivity index (χ1) is 9.34. The van der Waals surface area contributed by atoms with Crippen molar-refractivity contribution in [3.05, 3.63) is 40.9 Å². The molecule has 0 radical (unpaired) electrons. The van der Waals surface area contributed by atoms with E-state index in [-0.39, 0.29) is 6.04 Å². The van der Waals surface area contributed by atoms with Crippen molar-refractivity contribution < 1.29 is 4.79 Å². The topological polar surface area (TPSA) is 33.2 Å². The maximum Gasteiger partial charge on any atom is 0.162 e. The molecule has 1 unspecified atom stereocenters. The highest BCUT2D eigenvalue weighted by atomic mass is 16.1. The summed E-state index contributed by atoms with van der Waals surface area (Å²) in [6.07, 6.45) is 8.03. The summed E-state index contributed by atoms with van der Waals surface area (Å²) in [5.74, 6) is 0.382. The molecule has 0 fully saturated rings. The van der Waals surface area contributed by atoms with Crippen LogP contribution in [0.3, 0.4) is 0 Å². The SMILES string of the molecule is O=C1CC2c3cccnc3CCN2C2=C1CCCC2. The Labute approximate surface area is 113 Å². The van der Waals surface area contributed by atoms with Crippen molar-refractivity contribution in [1.82, 2.24) is 9.88 Å². The molecule has 1 aromatic heterocycles. The van der Waals surface area contributed by atoms with Crippen LogP contribution in [0.1, 0.15) is 49.4 Å². The lowest BCUT2D eigenvalue weighted by Gasteiger charge is -2.44. The molecule has 3 heteroatoms. The highest BCUT2D eigenvalue weighted by molar-refractivity contribution is 5.97. The monoisotopic (exact) mass is 254 g/mol. The van der Waals surface area contributed by atoms with Crippen LogP contribution in [0, 0.1) is 0 Å². The van der Waals surface area contributed by atoms with Crippen LogP contribution in [0.2, 0.25) is 0 Å². The molecule has 1 aromatic rings. The molecule has 0 saturated carbocycles. The molecule has 98 valence electrons. The summed E-state index contributed by atoms with van der Waals surface area (Å²) in [6.45, 7) is 1.03. The molecule has 3 nitrogen and oxygen atoms in total. The summed E-state index contributed by atoms with van der Waals surface area (Å²) < 4.78 is 0. The van der Waals surface area contributed by atoms with Gasteiger partial charge in [-0.1, -0.05) is 6.07 Å². The summed E-state index contributed by atoms with van der Waals surface area (Å²) in [7, 11) is 0. The largest absolute Gasteiger partial charge is 0.367 e. The molecule has 0 N–H and O–H groups in total. The number of carbonyl (C=O) groups excluding carboxylic acids is 1. The fourth-order valence-corrected chi connectivity index (χ4v) is 3.86. The molecule has 1 aliphatic carbocycles. The van der Waals surface area contributed by atoms with E-state index < -0.39 is 0 Å². The summed E-state index contributed by atoms with van der Waals surface area (Å²) in [5, 5.41) is 0. The average molecular weight is 254 g/mol. The van der Waals surface area contributed by atoms with Gasteiger partial charge in [-0.05, 0) is 37.3 Å². The smallest absolute Gasteiger partial charge is 0.162 e. The minimum atomic E-state index is 0.252. The zero-order valence-corrected chi connectivity index (χ0v) is 11.1. The summed E-state index contributed by atoms with van der Waals surface area (Å²) in [4.78, 5) is 19.4. The second-order valence-corrected chi connectivity index (χ2v) is 5.76. The van der Waals surface area contributed by atoms with Gasteiger partial charge in [-0.2, -0.15) is 0 Å². The van der Waals surface area contributed by atoms with E-state index in [0.717, 1.165) is 31.4 Å². The maximum absolute atomic E-state index is 12.4. The fraction of sp³-hybridized carbons (Fsp3) is 0.500. The first-order valence-corrected chi connectivity index (χ1v) is 7.30. The molecular weight excluding hydrogens is 236 g/mol. The Hall–Kier alpha value is -1.64. The van der Waals surface area contributed by atoms with E-state index in [1.54, 1.807) is 0 Å². The third kappa shape index (κ3) is 1.64. The molecule has 3 heterocycles. The number of pyridine rings is 1.